The van der Waals surface area contributed by atoms with E-state index in [1.165, 1.54) is 13.8 Å². The van der Waals surface area contributed by atoms with Crippen LogP contribution >= 0.6 is 0 Å². The molecular weight excluding hydrogens is 172 g/mol. The summed E-state index contributed by atoms with van der Waals surface area (Å²) in [4.78, 5) is 21.2. The van der Waals surface area contributed by atoms with Crippen molar-refractivity contribution in [2.45, 2.75) is 45.3 Å². The summed E-state index contributed by atoms with van der Waals surface area (Å²) in [6.45, 7) is 2.78. The average Bonchev–Trinajstić information content (AvgIpc) is 2.33. The van der Waals surface area contributed by atoms with Crippen molar-refractivity contribution >= 4 is 11.9 Å². The third kappa shape index (κ3) is 3.44. The van der Waals surface area contributed by atoms with Gasteiger partial charge in [-0.25, -0.2) is 0 Å². The van der Waals surface area contributed by atoms with Gasteiger partial charge in [0.15, 0.2) is 0 Å². The van der Waals surface area contributed by atoms with Crippen molar-refractivity contribution in [3.05, 3.63) is 0 Å². The Hall–Kier alpha value is -1.06. The maximum Gasteiger partial charge on any atom is 0.302 e. The Bertz CT molecular complexity index is 190. The van der Waals surface area contributed by atoms with E-state index < -0.39 is 0 Å². The molecule has 0 bridgehead atoms. The topological polar surface area (TPSA) is 52.6 Å². The molecule has 0 amide bonds. The van der Waals surface area contributed by atoms with Crippen molar-refractivity contribution < 1.29 is 19.1 Å². The van der Waals surface area contributed by atoms with E-state index in [0.717, 1.165) is 12.8 Å². The predicted molar refractivity (Wildman–Crippen MR) is 45.0 cm³/mol. The molecule has 0 aliphatic heterocycles. The second kappa shape index (κ2) is 4.25. The number of ether oxygens (including phenoxy) is 2. The largest absolute Gasteiger partial charge is 0.462 e. The van der Waals surface area contributed by atoms with Gasteiger partial charge in [-0.2, -0.15) is 0 Å². The number of carbonyl (C=O) groups excluding carboxylic acids is 2. The number of rotatable bonds is 2. The quantitative estimate of drug-likeness (QED) is 0.604. The highest BCUT2D eigenvalue weighted by molar-refractivity contribution is 5.66. The van der Waals surface area contributed by atoms with Crippen molar-refractivity contribution in [2.75, 3.05) is 0 Å². The lowest BCUT2D eigenvalue weighted by Gasteiger charge is -2.11. The summed E-state index contributed by atoms with van der Waals surface area (Å²) in [5, 5.41) is 0. The van der Waals surface area contributed by atoms with Gasteiger partial charge in [0.25, 0.3) is 0 Å². The smallest absolute Gasteiger partial charge is 0.302 e. The molecule has 1 aliphatic carbocycles. The van der Waals surface area contributed by atoms with E-state index in [2.05, 4.69) is 0 Å². The van der Waals surface area contributed by atoms with Crippen LogP contribution in [0.25, 0.3) is 0 Å². The third-order valence-corrected chi connectivity index (χ3v) is 2.00. The Morgan fingerprint density at radius 1 is 1.00 bits per heavy atom. The van der Waals surface area contributed by atoms with Gasteiger partial charge in [0.05, 0.1) is 0 Å². The van der Waals surface area contributed by atoms with Crippen LogP contribution in [0.15, 0.2) is 0 Å². The number of carbonyl (C=O) groups is 2. The maximum absolute atomic E-state index is 10.6. The summed E-state index contributed by atoms with van der Waals surface area (Å²) in [5.41, 5.74) is 0. The van der Waals surface area contributed by atoms with E-state index >= 15 is 0 Å². The molecule has 74 valence electrons. The predicted octanol–water partition coefficient (Wildman–Crippen LogP) is 1.03. The number of hydrogen-bond donors (Lipinski definition) is 0. The molecule has 1 fully saturated rings. The van der Waals surface area contributed by atoms with E-state index in [0.29, 0.717) is 6.42 Å². The Labute approximate surface area is 77.2 Å². The van der Waals surface area contributed by atoms with Crippen LogP contribution in [-0.4, -0.2) is 24.1 Å². The molecule has 0 aromatic carbocycles. The monoisotopic (exact) mass is 186 g/mol. The van der Waals surface area contributed by atoms with E-state index in [-0.39, 0.29) is 24.1 Å². The molecule has 13 heavy (non-hydrogen) atoms. The van der Waals surface area contributed by atoms with Gasteiger partial charge in [-0.15, -0.1) is 0 Å². The molecule has 1 rings (SSSR count). The lowest BCUT2D eigenvalue weighted by molar-refractivity contribution is -0.148. The lowest BCUT2D eigenvalue weighted by Crippen LogP contribution is -2.16. The minimum atomic E-state index is -0.270. The summed E-state index contributed by atoms with van der Waals surface area (Å²) in [6, 6.07) is 0. The highest BCUT2D eigenvalue weighted by Crippen LogP contribution is 2.24. The molecule has 0 spiro atoms. The minimum Gasteiger partial charge on any atom is -0.462 e. The molecule has 0 aromatic rings. The molecule has 1 saturated carbocycles. The normalized spacial score (nSPS) is 26.9. The maximum atomic E-state index is 10.6. The molecule has 0 radical (unpaired) electrons. The van der Waals surface area contributed by atoms with Crippen LogP contribution in [0.3, 0.4) is 0 Å². The summed E-state index contributed by atoms with van der Waals surface area (Å²) in [5.74, 6) is -0.540. The summed E-state index contributed by atoms with van der Waals surface area (Å²) < 4.78 is 9.99. The first kappa shape index (κ1) is 10.0. The fraction of sp³-hybridized carbons (Fsp3) is 0.778. The van der Waals surface area contributed by atoms with Crippen LogP contribution in [0, 0.1) is 0 Å². The standard InChI is InChI=1S/C9H14O4/c1-6(10)12-8-3-4-9(5-8)13-7(2)11/h8-9H,3-5H2,1-2H3/t8-,9-/m0/s1. The van der Waals surface area contributed by atoms with Gasteiger partial charge >= 0.3 is 11.9 Å². The molecule has 0 N–H and O–H groups in total. The molecule has 0 unspecified atom stereocenters. The van der Waals surface area contributed by atoms with E-state index in [4.69, 9.17) is 9.47 Å². The van der Waals surface area contributed by atoms with Gasteiger partial charge in [0.2, 0.25) is 0 Å². The Morgan fingerprint density at radius 3 is 1.69 bits per heavy atom. The molecule has 0 saturated heterocycles. The van der Waals surface area contributed by atoms with Gasteiger partial charge in [0.1, 0.15) is 12.2 Å². The fourth-order valence-corrected chi connectivity index (χ4v) is 1.58. The van der Waals surface area contributed by atoms with Crippen molar-refractivity contribution in [1.29, 1.82) is 0 Å². The Morgan fingerprint density at radius 2 is 1.38 bits per heavy atom. The highest BCUT2D eigenvalue weighted by Gasteiger charge is 2.28. The van der Waals surface area contributed by atoms with Crippen molar-refractivity contribution in [3.63, 3.8) is 0 Å². The molecule has 2 atom stereocenters. The molecular formula is C9H14O4. The SMILES string of the molecule is CC(=O)O[C@H]1CC[C@H](OC(C)=O)C1. The van der Waals surface area contributed by atoms with Crippen LogP contribution in [0.1, 0.15) is 33.1 Å². The molecule has 0 aromatic heterocycles. The van der Waals surface area contributed by atoms with Gasteiger partial charge in [-0.05, 0) is 12.8 Å². The first-order valence-electron chi connectivity index (χ1n) is 4.42. The van der Waals surface area contributed by atoms with E-state index in [1.807, 2.05) is 0 Å². The summed E-state index contributed by atoms with van der Waals surface area (Å²) >= 11 is 0. The molecule has 1 aliphatic rings. The van der Waals surface area contributed by atoms with Crippen molar-refractivity contribution in [2.24, 2.45) is 0 Å². The highest BCUT2D eigenvalue weighted by atomic mass is 16.6. The second-order valence-electron chi connectivity index (χ2n) is 3.28. The van der Waals surface area contributed by atoms with Gasteiger partial charge < -0.3 is 9.47 Å². The zero-order chi connectivity index (χ0) is 9.84. The molecule has 4 nitrogen and oxygen atoms in total. The van der Waals surface area contributed by atoms with Crippen LogP contribution in [0.5, 0.6) is 0 Å². The van der Waals surface area contributed by atoms with Gasteiger partial charge in [0, 0.05) is 20.3 Å². The zero-order valence-electron chi connectivity index (χ0n) is 7.91. The summed E-state index contributed by atoms with van der Waals surface area (Å²) in [6.07, 6.45) is 2.08. The van der Waals surface area contributed by atoms with Crippen molar-refractivity contribution in [1.82, 2.24) is 0 Å². The van der Waals surface area contributed by atoms with Crippen LogP contribution < -0.4 is 0 Å². The fourth-order valence-electron chi connectivity index (χ4n) is 1.58. The molecule has 0 heterocycles. The lowest BCUT2D eigenvalue weighted by atomic mass is 10.3. The van der Waals surface area contributed by atoms with Crippen molar-refractivity contribution in [3.8, 4) is 0 Å². The Balaban J connectivity index is 2.27. The Kier molecular flexibility index (Phi) is 3.28. The average molecular weight is 186 g/mol. The first-order valence-corrected chi connectivity index (χ1v) is 4.42. The zero-order valence-corrected chi connectivity index (χ0v) is 7.91. The second-order valence-corrected chi connectivity index (χ2v) is 3.28. The van der Waals surface area contributed by atoms with Crippen LogP contribution in [-0.2, 0) is 19.1 Å². The van der Waals surface area contributed by atoms with Gasteiger partial charge in [-0.3, -0.25) is 9.59 Å². The minimum absolute atomic E-state index is 0.0677. The number of hydrogen-bond acceptors (Lipinski definition) is 4. The van der Waals surface area contributed by atoms with Crippen LogP contribution in [0.2, 0.25) is 0 Å². The third-order valence-electron chi connectivity index (χ3n) is 2.00. The van der Waals surface area contributed by atoms with Crippen LogP contribution in [0.4, 0.5) is 0 Å². The van der Waals surface area contributed by atoms with E-state index in [1.54, 1.807) is 0 Å². The van der Waals surface area contributed by atoms with Gasteiger partial charge in [-0.1, -0.05) is 0 Å². The van der Waals surface area contributed by atoms with E-state index in [9.17, 15) is 9.59 Å². The molecule has 4 heteroatoms. The summed E-state index contributed by atoms with van der Waals surface area (Å²) in [7, 11) is 0. The number of esters is 2. The first-order chi connectivity index (χ1) is 6.08.